The summed E-state index contributed by atoms with van der Waals surface area (Å²) in [5.41, 5.74) is 0.0111. The largest absolute Gasteiger partial charge is 0.322 e. The predicted molar refractivity (Wildman–Crippen MR) is 102 cm³/mol. The van der Waals surface area contributed by atoms with Crippen molar-refractivity contribution in [3.8, 4) is 5.82 Å². The van der Waals surface area contributed by atoms with Crippen LogP contribution in [0.1, 0.15) is 22.5 Å². The van der Waals surface area contributed by atoms with Crippen LogP contribution < -0.4 is 5.32 Å². The molecule has 7 nitrogen and oxygen atoms in total. The first kappa shape index (κ1) is 20.1. The molecule has 0 aliphatic carbocycles. The molecule has 0 fully saturated rings. The van der Waals surface area contributed by atoms with Gasteiger partial charge in [-0.05, 0) is 30.3 Å². The van der Waals surface area contributed by atoms with Gasteiger partial charge in [-0.1, -0.05) is 22.0 Å². The maximum absolute atomic E-state index is 12.8. The number of sulfone groups is 1. The molecular weight excluding hydrogens is 458 g/mol. The molecule has 1 aromatic carbocycles. The molecule has 0 saturated heterocycles. The molecule has 28 heavy (non-hydrogen) atoms. The number of benzene rings is 1. The maximum atomic E-state index is 12.8. The van der Waals surface area contributed by atoms with Crippen LogP contribution in [0, 0.1) is 0 Å². The van der Waals surface area contributed by atoms with Gasteiger partial charge in [-0.25, -0.2) is 26.9 Å². The molecule has 2 aromatic heterocycles. The van der Waals surface area contributed by atoms with Gasteiger partial charge in [0, 0.05) is 22.6 Å². The highest BCUT2D eigenvalue weighted by atomic mass is 79.9. The van der Waals surface area contributed by atoms with Gasteiger partial charge in [-0.3, -0.25) is 4.79 Å². The van der Waals surface area contributed by atoms with E-state index in [2.05, 4.69) is 31.3 Å². The second-order valence-corrected chi connectivity index (χ2v) is 8.73. The molecule has 1 amide bonds. The van der Waals surface area contributed by atoms with E-state index < -0.39 is 27.9 Å². The van der Waals surface area contributed by atoms with Crippen LogP contribution in [0.3, 0.4) is 0 Å². The summed E-state index contributed by atoms with van der Waals surface area (Å²) in [6, 6.07) is 8.38. The zero-order valence-corrected chi connectivity index (χ0v) is 16.7. The average molecular weight is 471 g/mol. The molecule has 0 bridgehead atoms. The highest BCUT2D eigenvalue weighted by molar-refractivity contribution is 9.10. The molecule has 3 rings (SSSR count). The van der Waals surface area contributed by atoms with E-state index in [1.54, 1.807) is 6.07 Å². The van der Waals surface area contributed by atoms with E-state index in [4.69, 9.17) is 0 Å². The van der Waals surface area contributed by atoms with Crippen LogP contribution in [-0.4, -0.2) is 35.3 Å². The Hall–Kier alpha value is -2.66. The van der Waals surface area contributed by atoms with Gasteiger partial charge < -0.3 is 5.32 Å². The zero-order chi connectivity index (χ0) is 20.5. The number of anilines is 1. The molecule has 0 aliphatic heterocycles. The van der Waals surface area contributed by atoms with Crippen molar-refractivity contribution in [2.24, 2.45) is 0 Å². The van der Waals surface area contributed by atoms with Gasteiger partial charge in [0.25, 0.3) is 12.3 Å². The Bertz CT molecular complexity index is 1150. The Kier molecular flexibility index (Phi) is 5.57. The fraction of sp³-hybridized carbons (Fsp3) is 0.118. The molecule has 3 aromatic rings. The summed E-state index contributed by atoms with van der Waals surface area (Å²) >= 11 is 3.20. The summed E-state index contributed by atoms with van der Waals surface area (Å²) in [6.45, 7) is 0. The Morgan fingerprint density at radius 2 is 2.00 bits per heavy atom. The van der Waals surface area contributed by atoms with Gasteiger partial charge in [-0.2, -0.15) is 5.10 Å². The lowest BCUT2D eigenvalue weighted by Gasteiger charge is -2.07. The highest BCUT2D eigenvalue weighted by Gasteiger charge is 2.15. The third-order valence-corrected chi connectivity index (χ3v) is 5.17. The van der Waals surface area contributed by atoms with Crippen molar-refractivity contribution in [2.45, 2.75) is 11.3 Å². The molecule has 1 N–H and O–H groups in total. The van der Waals surface area contributed by atoms with Gasteiger partial charge in [0.1, 0.15) is 5.69 Å². The summed E-state index contributed by atoms with van der Waals surface area (Å²) in [6.07, 6.45) is 0.924. The number of carbonyl (C=O) groups is 1. The normalized spacial score (nSPS) is 11.6. The van der Waals surface area contributed by atoms with Crippen molar-refractivity contribution in [3.63, 3.8) is 0 Å². The third kappa shape index (κ3) is 4.60. The van der Waals surface area contributed by atoms with Gasteiger partial charge in [0.05, 0.1) is 16.7 Å². The van der Waals surface area contributed by atoms with Crippen molar-refractivity contribution in [2.75, 3.05) is 11.6 Å². The van der Waals surface area contributed by atoms with Crippen LogP contribution in [0.25, 0.3) is 5.82 Å². The Balaban J connectivity index is 1.84. The van der Waals surface area contributed by atoms with E-state index in [0.29, 0.717) is 4.47 Å². The molecule has 0 spiro atoms. The molecule has 0 unspecified atom stereocenters. The van der Waals surface area contributed by atoms with Crippen LogP contribution in [0.2, 0.25) is 0 Å². The van der Waals surface area contributed by atoms with Crippen molar-refractivity contribution in [1.82, 2.24) is 14.8 Å². The van der Waals surface area contributed by atoms with Gasteiger partial charge in [-0.15, -0.1) is 0 Å². The van der Waals surface area contributed by atoms with Gasteiger partial charge >= 0.3 is 0 Å². The quantitative estimate of drug-likeness (QED) is 0.614. The lowest BCUT2D eigenvalue weighted by Crippen LogP contribution is -2.12. The number of alkyl halides is 2. The molecule has 146 valence electrons. The lowest BCUT2D eigenvalue weighted by atomic mass is 10.3. The van der Waals surface area contributed by atoms with Crippen molar-refractivity contribution in [1.29, 1.82) is 0 Å². The molecular formula is C17H13BrF2N4O3S. The number of aromatic nitrogens is 3. The minimum absolute atomic E-state index is 0.0425. The number of hydrogen-bond acceptors (Lipinski definition) is 5. The highest BCUT2D eigenvalue weighted by Crippen LogP contribution is 2.23. The zero-order valence-electron chi connectivity index (χ0n) is 14.3. The van der Waals surface area contributed by atoms with Gasteiger partial charge in [0.2, 0.25) is 0 Å². The van der Waals surface area contributed by atoms with Crippen molar-refractivity contribution < 1.29 is 22.0 Å². The van der Waals surface area contributed by atoms with Crippen molar-refractivity contribution in [3.05, 3.63) is 64.5 Å². The second kappa shape index (κ2) is 7.76. The predicted octanol–water partition coefficient (Wildman–Crippen LogP) is 3.62. The second-order valence-electron chi connectivity index (χ2n) is 5.80. The molecule has 2 heterocycles. The summed E-state index contributed by atoms with van der Waals surface area (Å²) in [5.74, 6) is -0.410. The average Bonchev–Trinajstić information content (AvgIpc) is 3.11. The molecule has 0 aliphatic rings. The fourth-order valence-corrected chi connectivity index (χ4v) is 3.63. The van der Waals surface area contributed by atoms with E-state index in [0.717, 1.165) is 6.26 Å². The topological polar surface area (TPSA) is 94.0 Å². The Morgan fingerprint density at radius 1 is 1.25 bits per heavy atom. The first-order chi connectivity index (χ1) is 13.1. The molecule has 11 heteroatoms. The van der Waals surface area contributed by atoms with E-state index in [1.807, 2.05) is 0 Å². The molecule has 0 atom stereocenters. The standard InChI is InChI=1S/C17H13BrF2N4O3S/c1-28(26,27)13-6-11(18)5-12(7-13)22-17(25)10-8-21-24(9-10)15-4-2-3-14(23-15)16(19)20/h2-9,16H,1H3,(H,22,25). The van der Waals surface area contributed by atoms with Crippen LogP contribution in [0.4, 0.5) is 14.5 Å². The molecule has 0 radical (unpaired) electrons. The summed E-state index contributed by atoms with van der Waals surface area (Å²) in [4.78, 5) is 16.3. The summed E-state index contributed by atoms with van der Waals surface area (Å²) in [7, 11) is -3.46. The fourth-order valence-electron chi connectivity index (χ4n) is 2.31. The van der Waals surface area contributed by atoms with Crippen LogP contribution in [-0.2, 0) is 9.84 Å². The minimum Gasteiger partial charge on any atom is -0.322 e. The number of carbonyl (C=O) groups excluding carboxylic acids is 1. The number of amides is 1. The Labute approximate surface area is 167 Å². The van der Waals surface area contributed by atoms with Crippen LogP contribution in [0.5, 0.6) is 0 Å². The SMILES string of the molecule is CS(=O)(=O)c1cc(Br)cc(NC(=O)c2cnn(-c3cccc(C(F)F)n3)c2)c1. The number of rotatable bonds is 5. The number of nitrogens with one attached hydrogen (secondary N) is 1. The number of hydrogen-bond donors (Lipinski definition) is 1. The van der Waals surface area contributed by atoms with Crippen LogP contribution >= 0.6 is 15.9 Å². The summed E-state index contributed by atoms with van der Waals surface area (Å²) in [5, 5.41) is 6.55. The lowest BCUT2D eigenvalue weighted by molar-refractivity contribution is 0.102. The van der Waals surface area contributed by atoms with E-state index >= 15 is 0 Å². The van der Waals surface area contributed by atoms with Crippen molar-refractivity contribution >= 4 is 37.4 Å². The van der Waals surface area contributed by atoms with Gasteiger partial charge in [0.15, 0.2) is 15.7 Å². The van der Waals surface area contributed by atoms with E-state index in [9.17, 15) is 22.0 Å². The van der Waals surface area contributed by atoms with E-state index in [1.165, 1.54) is 47.4 Å². The van der Waals surface area contributed by atoms with E-state index in [-0.39, 0.29) is 22.0 Å². The van der Waals surface area contributed by atoms with Crippen LogP contribution in [0.15, 0.2) is 58.2 Å². The minimum atomic E-state index is -3.46. The monoisotopic (exact) mass is 470 g/mol. The summed E-state index contributed by atoms with van der Waals surface area (Å²) < 4.78 is 50.7. The number of pyridine rings is 1. The first-order valence-electron chi connectivity index (χ1n) is 7.75. The molecule has 0 saturated carbocycles. The first-order valence-corrected chi connectivity index (χ1v) is 10.4. The Morgan fingerprint density at radius 3 is 2.68 bits per heavy atom. The maximum Gasteiger partial charge on any atom is 0.280 e. The smallest absolute Gasteiger partial charge is 0.280 e. The number of halogens is 3. The third-order valence-electron chi connectivity index (χ3n) is 3.62. The number of nitrogens with zero attached hydrogens (tertiary/aromatic N) is 3.